The number of ether oxygens (including phenoxy) is 1. The molecular formula is C18H21F2N3O2. The number of benzene rings is 1. The van der Waals surface area contributed by atoms with Gasteiger partial charge in [-0.3, -0.25) is 4.98 Å². The summed E-state index contributed by atoms with van der Waals surface area (Å²) in [6, 6.07) is 9.66. The molecule has 134 valence electrons. The molecule has 0 aliphatic carbocycles. The highest BCUT2D eigenvalue weighted by molar-refractivity contribution is 5.74. The SMILES string of the molecule is CCN(C(=O)NCc1ccccc1OC(F)F)[C@H](C)c1cccnc1. The number of para-hydroxylation sites is 1. The number of amides is 2. The average Bonchev–Trinajstić information content (AvgIpc) is 2.61. The van der Waals surface area contributed by atoms with Crippen molar-refractivity contribution < 1.29 is 18.3 Å². The van der Waals surface area contributed by atoms with Crippen molar-refractivity contribution in [1.82, 2.24) is 15.2 Å². The predicted molar refractivity (Wildman–Crippen MR) is 90.3 cm³/mol. The van der Waals surface area contributed by atoms with Crippen LogP contribution in [0.3, 0.4) is 0 Å². The summed E-state index contributed by atoms with van der Waals surface area (Å²) in [5.41, 5.74) is 1.40. The summed E-state index contributed by atoms with van der Waals surface area (Å²) in [6.45, 7) is 1.47. The van der Waals surface area contributed by atoms with Gasteiger partial charge < -0.3 is 15.0 Å². The van der Waals surface area contributed by atoms with Crippen LogP contribution < -0.4 is 10.1 Å². The highest BCUT2D eigenvalue weighted by Gasteiger charge is 2.20. The van der Waals surface area contributed by atoms with Crippen LogP contribution in [0.1, 0.15) is 31.0 Å². The van der Waals surface area contributed by atoms with Crippen LogP contribution >= 0.6 is 0 Å². The monoisotopic (exact) mass is 349 g/mol. The number of alkyl halides is 2. The lowest BCUT2D eigenvalue weighted by molar-refractivity contribution is -0.0504. The van der Waals surface area contributed by atoms with Crippen LogP contribution in [0.5, 0.6) is 5.75 Å². The lowest BCUT2D eigenvalue weighted by Crippen LogP contribution is -2.41. The predicted octanol–water partition coefficient (Wildman–Crippen LogP) is 3.98. The molecule has 0 radical (unpaired) electrons. The molecule has 0 bridgehead atoms. The number of aromatic nitrogens is 1. The van der Waals surface area contributed by atoms with E-state index in [4.69, 9.17) is 0 Å². The fourth-order valence-electron chi connectivity index (χ4n) is 2.53. The van der Waals surface area contributed by atoms with Crippen LogP contribution in [-0.4, -0.2) is 29.1 Å². The van der Waals surface area contributed by atoms with Gasteiger partial charge in [-0.1, -0.05) is 24.3 Å². The molecule has 2 rings (SSSR count). The lowest BCUT2D eigenvalue weighted by Gasteiger charge is -2.28. The van der Waals surface area contributed by atoms with E-state index < -0.39 is 6.61 Å². The van der Waals surface area contributed by atoms with E-state index in [0.717, 1.165) is 5.56 Å². The molecule has 1 atom stereocenters. The van der Waals surface area contributed by atoms with Gasteiger partial charge in [0.25, 0.3) is 0 Å². The minimum atomic E-state index is -2.91. The zero-order valence-electron chi connectivity index (χ0n) is 14.2. The van der Waals surface area contributed by atoms with Crippen molar-refractivity contribution in [3.63, 3.8) is 0 Å². The minimum absolute atomic E-state index is 0.0566. The molecule has 1 N–H and O–H groups in total. The fraction of sp³-hybridized carbons (Fsp3) is 0.333. The Labute approximate surface area is 145 Å². The van der Waals surface area contributed by atoms with Crippen molar-refractivity contribution in [3.8, 4) is 5.75 Å². The second kappa shape index (κ2) is 8.96. The molecule has 5 nitrogen and oxygen atoms in total. The van der Waals surface area contributed by atoms with E-state index in [1.165, 1.54) is 6.07 Å². The normalized spacial score (nSPS) is 11.9. The first kappa shape index (κ1) is 18.6. The van der Waals surface area contributed by atoms with E-state index in [9.17, 15) is 13.6 Å². The van der Waals surface area contributed by atoms with Crippen LogP contribution in [0.4, 0.5) is 13.6 Å². The third-order valence-corrected chi connectivity index (χ3v) is 3.85. The van der Waals surface area contributed by atoms with Crippen molar-refractivity contribution in [1.29, 1.82) is 0 Å². The Morgan fingerprint density at radius 1 is 1.28 bits per heavy atom. The molecule has 2 amide bonds. The summed E-state index contributed by atoms with van der Waals surface area (Å²) in [7, 11) is 0. The Balaban J connectivity index is 2.03. The van der Waals surface area contributed by atoms with E-state index in [0.29, 0.717) is 12.1 Å². The van der Waals surface area contributed by atoms with Gasteiger partial charge in [0.2, 0.25) is 0 Å². The van der Waals surface area contributed by atoms with E-state index in [1.807, 2.05) is 26.0 Å². The van der Waals surface area contributed by atoms with E-state index >= 15 is 0 Å². The Bertz CT molecular complexity index is 683. The highest BCUT2D eigenvalue weighted by atomic mass is 19.3. The number of rotatable bonds is 7. The third-order valence-electron chi connectivity index (χ3n) is 3.85. The minimum Gasteiger partial charge on any atom is -0.434 e. The third kappa shape index (κ3) is 5.14. The lowest BCUT2D eigenvalue weighted by atomic mass is 10.1. The highest BCUT2D eigenvalue weighted by Crippen LogP contribution is 2.21. The van der Waals surface area contributed by atoms with Crippen molar-refractivity contribution in [2.45, 2.75) is 33.0 Å². The first-order valence-corrected chi connectivity index (χ1v) is 8.00. The van der Waals surface area contributed by atoms with Crippen molar-refractivity contribution in [2.24, 2.45) is 0 Å². The van der Waals surface area contributed by atoms with Crippen LogP contribution in [0.15, 0.2) is 48.8 Å². The number of nitrogens with one attached hydrogen (secondary N) is 1. The van der Waals surface area contributed by atoms with Gasteiger partial charge in [0.05, 0.1) is 6.04 Å². The summed E-state index contributed by atoms with van der Waals surface area (Å²) in [4.78, 5) is 18.2. The van der Waals surface area contributed by atoms with Gasteiger partial charge in [-0.25, -0.2) is 4.79 Å². The number of pyridine rings is 1. The van der Waals surface area contributed by atoms with Gasteiger partial charge >= 0.3 is 12.6 Å². The quantitative estimate of drug-likeness (QED) is 0.823. The van der Waals surface area contributed by atoms with E-state index in [2.05, 4.69) is 15.0 Å². The van der Waals surface area contributed by atoms with Gasteiger partial charge in [-0.05, 0) is 31.5 Å². The van der Waals surface area contributed by atoms with E-state index in [1.54, 1.807) is 35.5 Å². The molecule has 0 aliphatic rings. The Morgan fingerprint density at radius 3 is 2.68 bits per heavy atom. The maximum atomic E-state index is 12.5. The second-order valence-corrected chi connectivity index (χ2v) is 5.39. The fourth-order valence-corrected chi connectivity index (χ4v) is 2.53. The summed E-state index contributed by atoms with van der Waals surface area (Å²) >= 11 is 0. The Morgan fingerprint density at radius 2 is 2.04 bits per heavy atom. The molecular weight excluding hydrogens is 328 g/mol. The Hall–Kier alpha value is -2.70. The standard InChI is InChI=1S/C18H21F2N3O2/c1-3-23(13(2)14-8-6-10-21-11-14)18(24)22-12-15-7-4-5-9-16(15)25-17(19)20/h4-11,13,17H,3,12H2,1-2H3,(H,22,24)/t13-/m1/s1. The van der Waals surface area contributed by atoms with E-state index in [-0.39, 0.29) is 24.4 Å². The molecule has 0 saturated carbocycles. The number of carbonyl (C=O) groups is 1. The smallest absolute Gasteiger partial charge is 0.387 e. The number of halogens is 2. The molecule has 1 aromatic carbocycles. The zero-order chi connectivity index (χ0) is 18.2. The molecule has 0 fully saturated rings. The van der Waals surface area contributed by atoms with Gasteiger partial charge in [0.1, 0.15) is 5.75 Å². The van der Waals surface area contributed by atoms with Gasteiger partial charge in [-0.2, -0.15) is 8.78 Å². The number of carbonyl (C=O) groups excluding carboxylic acids is 1. The van der Waals surface area contributed by atoms with Gasteiger partial charge in [0, 0.05) is 31.0 Å². The van der Waals surface area contributed by atoms with Gasteiger partial charge in [0.15, 0.2) is 0 Å². The van der Waals surface area contributed by atoms with Crippen LogP contribution in [0.25, 0.3) is 0 Å². The van der Waals surface area contributed by atoms with Crippen molar-refractivity contribution >= 4 is 6.03 Å². The first-order valence-electron chi connectivity index (χ1n) is 8.00. The molecule has 7 heteroatoms. The number of hydrogen-bond acceptors (Lipinski definition) is 3. The van der Waals surface area contributed by atoms with Gasteiger partial charge in [-0.15, -0.1) is 0 Å². The van der Waals surface area contributed by atoms with Crippen molar-refractivity contribution in [3.05, 3.63) is 59.9 Å². The molecule has 0 aliphatic heterocycles. The maximum Gasteiger partial charge on any atom is 0.387 e. The molecule has 1 aromatic heterocycles. The number of nitrogens with zero attached hydrogens (tertiary/aromatic N) is 2. The first-order chi connectivity index (χ1) is 12.0. The van der Waals surface area contributed by atoms with Crippen LogP contribution in [0.2, 0.25) is 0 Å². The summed E-state index contributed by atoms with van der Waals surface area (Å²) < 4.78 is 29.4. The Kier molecular flexibility index (Phi) is 6.68. The summed E-state index contributed by atoms with van der Waals surface area (Å²) in [6.07, 6.45) is 3.39. The van der Waals surface area contributed by atoms with Crippen molar-refractivity contribution in [2.75, 3.05) is 6.54 Å². The molecule has 2 aromatic rings. The number of hydrogen-bond donors (Lipinski definition) is 1. The van der Waals surface area contributed by atoms with Crippen LogP contribution in [0, 0.1) is 0 Å². The largest absolute Gasteiger partial charge is 0.434 e. The molecule has 0 unspecified atom stereocenters. The topological polar surface area (TPSA) is 54.5 Å². The second-order valence-electron chi connectivity index (χ2n) is 5.39. The maximum absolute atomic E-state index is 12.5. The number of urea groups is 1. The molecule has 0 spiro atoms. The molecule has 1 heterocycles. The average molecular weight is 349 g/mol. The molecule has 0 saturated heterocycles. The summed E-state index contributed by atoms with van der Waals surface area (Å²) in [5.74, 6) is 0.0566. The molecule has 25 heavy (non-hydrogen) atoms. The summed E-state index contributed by atoms with van der Waals surface area (Å²) in [5, 5.41) is 2.76. The van der Waals surface area contributed by atoms with Crippen LogP contribution in [-0.2, 0) is 6.54 Å². The zero-order valence-corrected chi connectivity index (χ0v) is 14.2.